The Hall–Kier alpha value is -2.54. The molecule has 1 aromatic heterocycles. The summed E-state index contributed by atoms with van der Waals surface area (Å²) in [5, 5.41) is 3.06. The lowest BCUT2D eigenvalue weighted by atomic mass is 9.75. The lowest BCUT2D eigenvalue weighted by Gasteiger charge is -2.32. The average Bonchev–Trinajstić information content (AvgIpc) is 2.80. The molecule has 24 heavy (non-hydrogen) atoms. The van der Waals surface area contributed by atoms with E-state index in [1.54, 1.807) is 4.90 Å². The number of nitrogens with zero attached hydrogens (tertiary/aromatic N) is 3. The van der Waals surface area contributed by atoms with Gasteiger partial charge in [0.1, 0.15) is 0 Å². The Labute approximate surface area is 138 Å². The van der Waals surface area contributed by atoms with Crippen molar-refractivity contribution in [3.8, 4) is 0 Å². The summed E-state index contributed by atoms with van der Waals surface area (Å²) >= 11 is 0. The first-order valence-electron chi connectivity index (χ1n) is 7.85. The maximum absolute atomic E-state index is 12.9. The molecule has 1 aromatic carbocycles. The van der Waals surface area contributed by atoms with Crippen molar-refractivity contribution in [1.82, 2.24) is 9.97 Å². The van der Waals surface area contributed by atoms with Gasteiger partial charge >= 0.3 is 0 Å². The van der Waals surface area contributed by atoms with E-state index >= 15 is 0 Å². The molecule has 0 unspecified atom stereocenters. The van der Waals surface area contributed by atoms with Crippen molar-refractivity contribution in [2.75, 3.05) is 30.5 Å². The number of carbonyl (C=O) groups is 1. The topological polar surface area (TPSA) is 67.3 Å². The number of likely N-dealkylation sites (N-methyl/N-ethyl adjacent to an activating group) is 1. The van der Waals surface area contributed by atoms with E-state index < -0.39 is 11.2 Å². The van der Waals surface area contributed by atoms with Gasteiger partial charge in [0, 0.05) is 31.6 Å². The first-order valence-corrected chi connectivity index (χ1v) is 7.85. The van der Waals surface area contributed by atoms with Crippen molar-refractivity contribution >= 4 is 23.2 Å². The number of halogens is 1. The van der Waals surface area contributed by atoms with Gasteiger partial charge in [-0.15, -0.1) is 0 Å². The van der Waals surface area contributed by atoms with E-state index in [0.29, 0.717) is 32.0 Å². The van der Waals surface area contributed by atoms with E-state index in [1.165, 1.54) is 0 Å². The van der Waals surface area contributed by atoms with Crippen LogP contribution >= 0.6 is 0 Å². The molecule has 0 saturated carbocycles. The van der Waals surface area contributed by atoms with Gasteiger partial charge in [0.05, 0.1) is 17.8 Å². The molecule has 1 fully saturated rings. The van der Waals surface area contributed by atoms with Crippen LogP contribution in [-0.2, 0) is 14.9 Å². The summed E-state index contributed by atoms with van der Waals surface area (Å²) in [6.07, 6.45) is 3.58. The van der Waals surface area contributed by atoms with E-state index in [4.69, 9.17) is 4.74 Å². The van der Waals surface area contributed by atoms with Crippen LogP contribution in [0.4, 0.5) is 21.7 Å². The second kappa shape index (κ2) is 5.52. The number of carbonyl (C=O) groups excluding carboxylic acids is 1. The molecule has 0 bridgehead atoms. The number of rotatable bonds is 2. The van der Waals surface area contributed by atoms with Crippen LogP contribution in [-0.4, -0.2) is 36.1 Å². The molecule has 2 aromatic rings. The molecule has 1 saturated heterocycles. The van der Waals surface area contributed by atoms with E-state index in [2.05, 4.69) is 15.3 Å². The lowest BCUT2D eigenvalue weighted by molar-refractivity contribution is -0.126. The molecule has 0 atom stereocenters. The molecule has 7 heteroatoms. The summed E-state index contributed by atoms with van der Waals surface area (Å²) in [6, 6.07) is 5.76. The van der Waals surface area contributed by atoms with Gasteiger partial charge in [-0.25, -0.2) is 14.4 Å². The van der Waals surface area contributed by atoms with Gasteiger partial charge in [-0.1, -0.05) is 0 Å². The van der Waals surface area contributed by atoms with Crippen molar-refractivity contribution in [3.05, 3.63) is 42.0 Å². The summed E-state index contributed by atoms with van der Waals surface area (Å²) in [5.74, 6) is -0.0473. The second-order valence-corrected chi connectivity index (χ2v) is 6.14. The van der Waals surface area contributed by atoms with Gasteiger partial charge < -0.3 is 15.0 Å². The lowest BCUT2D eigenvalue weighted by Crippen LogP contribution is -2.42. The summed E-state index contributed by atoms with van der Waals surface area (Å²) in [7, 11) is 1.81. The molecule has 1 amide bonds. The Bertz CT molecular complexity index is 788. The van der Waals surface area contributed by atoms with E-state index in [1.807, 2.05) is 25.2 Å². The first kappa shape index (κ1) is 15.0. The average molecular weight is 328 g/mol. The minimum atomic E-state index is -0.510. The van der Waals surface area contributed by atoms with Crippen molar-refractivity contribution in [2.24, 2.45) is 0 Å². The summed E-state index contributed by atoms with van der Waals surface area (Å²) in [5.41, 5.74) is 2.19. The fourth-order valence-electron chi connectivity index (χ4n) is 3.54. The van der Waals surface area contributed by atoms with Gasteiger partial charge in [0.15, 0.2) is 5.82 Å². The van der Waals surface area contributed by atoms with Crippen LogP contribution in [0.15, 0.2) is 30.6 Å². The fraction of sp³-hybridized carbons (Fsp3) is 0.353. The maximum Gasteiger partial charge on any atom is 0.237 e. The van der Waals surface area contributed by atoms with Gasteiger partial charge in [0.25, 0.3) is 0 Å². The minimum Gasteiger partial charge on any atom is -0.381 e. The van der Waals surface area contributed by atoms with Crippen molar-refractivity contribution in [3.63, 3.8) is 0 Å². The van der Waals surface area contributed by atoms with Crippen molar-refractivity contribution in [1.29, 1.82) is 0 Å². The van der Waals surface area contributed by atoms with Gasteiger partial charge in [0.2, 0.25) is 11.9 Å². The normalized spacial score (nSPS) is 18.8. The number of hydrogen-bond acceptors (Lipinski definition) is 5. The highest BCUT2D eigenvalue weighted by molar-refractivity contribution is 6.08. The third-order valence-electron chi connectivity index (χ3n) is 4.81. The van der Waals surface area contributed by atoms with Crippen LogP contribution in [0.1, 0.15) is 18.4 Å². The first-order chi connectivity index (χ1) is 11.6. The van der Waals surface area contributed by atoms with Crippen LogP contribution < -0.4 is 10.2 Å². The zero-order valence-corrected chi connectivity index (χ0v) is 13.3. The molecule has 6 nitrogen and oxygen atoms in total. The summed E-state index contributed by atoms with van der Waals surface area (Å²) < 4.78 is 18.4. The number of amides is 1. The van der Waals surface area contributed by atoms with Gasteiger partial charge in [-0.05, 0) is 36.6 Å². The molecule has 2 aliphatic heterocycles. The number of hydrogen-bond donors (Lipinski definition) is 1. The zero-order valence-electron chi connectivity index (χ0n) is 13.3. The number of nitrogens with one attached hydrogen (secondary N) is 1. The molecule has 124 valence electrons. The molecule has 1 spiro atoms. The monoisotopic (exact) mass is 328 g/mol. The Morgan fingerprint density at radius 1 is 1.25 bits per heavy atom. The smallest absolute Gasteiger partial charge is 0.237 e. The Kier molecular flexibility index (Phi) is 3.45. The van der Waals surface area contributed by atoms with E-state index in [-0.39, 0.29) is 5.91 Å². The number of fused-ring (bicyclic) bond motifs is 2. The number of aromatic nitrogens is 2. The maximum atomic E-state index is 12.9. The summed E-state index contributed by atoms with van der Waals surface area (Å²) in [6.45, 7) is 1.16. The molecule has 1 N–H and O–H groups in total. The van der Waals surface area contributed by atoms with Crippen LogP contribution in [0.3, 0.4) is 0 Å². The van der Waals surface area contributed by atoms with Crippen LogP contribution in [0.2, 0.25) is 0 Å². The molecule has 0 radical (unpaired) electrons. The van der Waals surface area contributed by atoms with E-state index in [0.717, 1.165) is 29.3 Å². The van der Waals surface area contributed by atoms with Gasteiger partial charge in [-0.3, -0.25) is 4.79 Å². The Morgan fingerprint density at radius 3 is 2.67 bits per heavy atom. The van der Waals surface area contributed by atoms with Crippen molar-refractivity contribution in [2.45, 2.75) is 18.3 Å². The fourth-order valence-corrected chi connectivity index (χ4v) is 3.54. The molecular formula is C17H17FN4O2. The van der Waals surface area contributed by atoms with Crippen LogP contribution in [0.5, 0.6) is 0 Å². The quantitative estimate of drug-likeness (QED) is 0.917. The molecule has 2 aliphatic rings. The Balaban J connectivity index is 1.71. The standard InChI is InChI=1S/C17H17FN4O2/c1-22-14-3-2-12(21-16-19-9-11(18)10-20-16)8-13(14)17(15(22)23)4-6-24-7-5-17/h2-3,8-10H,4-7H2,1H3,(H,19,20,21). The predicted molar refractivity (Wildman–Crippen MR) is 86.9 cm³/mol. The third kappa shape index (κ3) is 2.24. The van der Waals surface area contributed by atoms with Crippen LogP contribution in [0.25, 0.3) is 0 Å². The largest absolute Gasteiger partial charge is 0.381 e. The molecule has 3 heterocycles. The number of anilines is 3. The number of benzene rings is 1. The second-order valence-electron chi connectivity index (χ2n) is 6.14. The zero-order chi connectivity index (χ0) is 16.7. The molecule has 0 aliphatic carbocycles. The minimum absolute atomic E-state index is 0.121. The Morgan fingerprint density at radius 2 is 1.96 bits per heavy atom. The van der Waals surface area contributed by atoms with Crippen LogP contribution in [0, 0.1) is 5.82 Å². The summed E-state index contributed by atoms with van der Waals surface area (Å²) in [4.78, 5) is 22.4. The van der Waals surface area contributed by atoms with Gasteiger partial charge in [-0.2, -0.15) is 0 Å². The van der Waals surface area contributed by atoms with E-state index in [9.17, 15) is 9.18 Å². The molecule has 4 rings (SSSR count). The third-order valence-corrected chi connectivity index (χ3v) is 4.81. The predicted octanol–water partition coefficient (Wildman–Crippen LogP) is 2.38. The SMILES string of the molecule is CN1C(=O)C2(CCOCC2)c2cc(Nc3ncc(F)cn3)ccc21. The molecular weight excluding hydrogens is 311 g/mol. The highest BCUT2D eigenvalue weighted by atomic mass is 19.1. The van der Waals surface area contributed by atoms with Crippen molar-refractivity contribution < 1.29 is 13.9 Å². The number of ether oxygens (including phenoxy) is 1. The highest BCUT2D eigenvalue weighted by Gasteiger charge is 2.50. The highest BCUT2D eigenvalue weighted by Crippen LogP contribution is 2.48.